The molecule has 0 bridgehead atoms. The maximum atomic E-state index is 14.3. The highest BCUT2D eigenvalue weighted by Gasteiger charge is 2.63. The average Bonchev–Trinajstić information content (AvgIpc) is 3.49. The summed E-state index contributed by atoms with van der Waals surface area (Å²) in [6, 6.07) is 17.1. The van der Waals surface area contributed by atoms with Gasteiger partial charge in [0.15, 0.2) is 17.0 Å². The Morgan fingerprint density at radius 1 is 1.00 bits per heavy atom. The molecule has 1 aliphatic carbocycles. The van der Waals surface area contributed by atoms with E-state index >= 15 is 0 Å². The molecule has 1 spiro atoms. The zero-order chi connectivity index (χ0) is 26.9. The van der Waals surface area contributed by atoms with E-state index in [1.807, 2.05) is 38.1 Å². The Bertz CT molecular complexity index is 1660. The fourth-order valence-electron chi connectivity index (χ4n) is 5.83. The van der Waals surface area contributed by atoms with Gasteiger partial charge < -0.3 is 9.84 Å². The second-order valence-electron chi connectivity index (χ2n) is 9.73. The zero-order valence-electron chi connectivity index (χ0n) is 20.8. The highest BCUT2D eigenvalue weighted by atomic mass is 35.5. The maximum absolute atomic E-state index is 14.3. The van der Waals surface area contributed by atoms with Crippen molar-refractivity contribution in [1.29, 1.82) is 0 Å². The van der Waals surface area contributed by atoms with Crippen molar-refractivity contribution >= 4 is 40.6 Å². The number of carbonyl (C=O) groups is 2. The molecule has 1 aromatic heterocycles. The lowest BCUT2D eigenvalue weighted by atomic mass is 9.81. The van der Waals surface area contributed by atoms with Gasteiger partial charge in [0, 0.05) is 22.0 Å². The average molecular weight is 548 g/mol. The highest BCUT2D eigenvalue weighted by molar-refractivity contribution is 6.32. The summed E-state index contributed by atoms with van der Waals surface area (Å²) < 4.78 is 7.30. The van der Waals surface area contributed by atoms with Crippen LogP contribution in [0.25, 0.3) is 5.69 Å². The van der Waals surface area contributed by atoms with E-state index in [1.54, 1.807) is 30.0 Å². The molecule has 1 amide bonds. The predicted octanol–water partition coefficient (Wildman–Crippen LogP) is 6.05. The molecule has 192 valence electrons. The number of ether oxygens (including phenoxy) is 1. The van der Waals surface area contributed by atoms with Crippen molar-refractivity contribution in [3.8, 4) is 17.2 Å². The number of aromatic nitrogens is 2. The van der Waals surface area contributed by atoms with E-state index in [2.05, 4.69) is 0 Å². The van der Waals surface area contributed by atoms with Crippen molar-refractivity contribution in [1.82, 2.24) is 9.78 Å². The summed E-state index contributed by atoms with van der Waals surface area (Å²) in [5, 5.41) is 16.5. The quantitative estimate of drug-likeness (QED) is 0.336. The molecule has 1 unspecified atom stereocenters. The molecule has 9 heteroatoms. The number of hydrogen-bond donors (Lipinski definition) is 1. The van der Waals surface area contributed by atoms with E-state index in [0.29, 0.717) is 38.3 Å². The molecule has 3 aromatic carbocycles. The summed E-state index contributed by atoms with van der Waals surface area (Å²) in [5.41, 5.74) is 1.88. The highest BCUT2D eigenvalue weighted by Crippen LogP contribution is 2.56. The number of benzene rings is 3. The molecule has 38 heavy (non-hydrogen) atoms. The number of aromatic hydroxyl groups is 1. The van der Waals surface area contributed by atoms with Crippen LogP contribution in [0.15, 0.2) is 60.7 Å². The topological polar surface area (TPSA) is 84.7 Å². The largest absolute Gasteiger partial charge is 0.506 e. The van der Waals surface area contributed by atoms with Crippen LogP contribution < -0.4 is 9.64 Å². The lowest BCUT2D eigenvalue weighted by molar-refractivity contribution is -0.121. The number of fused-ring (bicyclic) bond motifs is 4. The van der Waals surface area contributed by atoms with Gasteiger partial charge in [-0.05, 0) is 59.5 Å². The third kappa shape index (κ3) is 3.18. The number of amides is 1. The first-order chi connectivity index (χ1) is 18.2. The summed E-state index contributed by atoms with van der Waals surface area (Å²) in [6.45, 7) is 3.98. The van der Waals surface area contributed by atoms with Crippen LogP contribution in [0, 0.1) is 0 Å². The van der Waals surface area contributed by atoms with Gasteiger partial charge in [-0.25, -0.2) is 4.68 Å². The van der Waals surface area contributed by atoms with Crippen LogP contribution in [0.1, 0.15) is 52.6 Å². The first-order valence-electron chi connectivity index (χ1n) is 12.1. The van der Waals surface area contributed by atoms with Gasteiger partial charge in [0.2, 0.25) is 0 Å². The van der Waals surface area contributed by atoms with Gasteiger partial charge in [-0.3, -0.25) is 14.5 Å². The van der Waals surface area contributed by atoms with Crippen molar-refractivity contribution in [3.05, 3.63) is 98.8 Å². The normalized spacial score (nSPS) is 18.0. The molecule has 0 saturated carbocycles. The third-order valence-electron chi connectivity index (χ3n) is 7.27. The second-order valence-corrected chi connectivity index (χ2v) is 10.6. The van der Waals surface area contributed by atoms with Crippen LogP contribution in [-0.2, 0) is 16.8 Å². The van der Waals surface area contributed by atoms with E-state index in [4.69, 9.17) is 33.0 Å². The molecule has 1 atom stereocenters. The fraction of sp³-hybridized carbons (Fsp3) is 0.207. The number of Topliss-reactive ketones (excluding diaryl/α,β-unsaturated/α-hetero) is 1. The molecule has 1 aliphatic heterocycles. The Hall–Kier alpha value is -3.81. The standard InChI is InChI=1S/C29H23Cl2N3O4/c1-15(2)27-25-26(32-34(27)20-6-4-5-7-23(20)38-3)28(37)33(21-14-18(31)9-11-22(21)35)29(25)19-10-8-17(30)12-16(19)13-24(29)36/h4-12,14-15,35H,13H2,1-3H3. The molecule has 7 nitrogen and oxygen atoms in total. The molecule has 4 aromatic rings. The van der Waals surface area contributed by atoms with Crippen LogP contribution in [0.4, 0.5) is 5.69 Å². The predicted molar refractivity (Wildman–Crippen MR) is 145 cm³/mol. The SMILES string of the molecule is COc1ccccc1-n1nc2c(c1C(C)C)C1(C(=O)Cc3cc(Cl)ccc31)N(c1cc(Cl)ccc1O)C2=O. The van der Waals surface area contributed by atoms with Gasteiger partial charge >= 0.3 is 0 Å². The van der Waals surface area contributed by atoms with Gasteiger partial charge in [0.25, 0.3) is 5.91 Å². The van der Waals surface area contributed by atoms with Crippen molar-refractivity contribution in [2.45, 2.75) is 31.7 Å². The Balaban J connectivity index is 1.75. The van der Waals surface area contributed by atoms with Crippen LogP contribution >= 0.6 is 23.2 Å². The zero-order valence-corrected chi connectivity index (χ0v) is 22.3. The van der Waals surface area contributed by atoms with Crippen LogP contribution in [-0.4, -0.2) is 33.7 Å². The third-order valence-corrected chi connectivity index (χ3v) is 7.74. The van der Waals surface area contributed by atoms with E-state index in [-0.39, 0.29) is 35.3 Å². The number of hydrogen-bond acceptors (Lipinski definition) is 5. The van der Waals surface area contributed by atoms with E-state index in [1.165, 1.54) is 23.1 Å². The lowest BCUT2D eigenvalue weighted by Crippen LogP contribution is -2.49. The van der Waals surface area contributed by atoms with Gasteiger partial charge in [0.1, 0.15) is 17.2 Å². The molecule has 2 heterocycles. The summed E-state index contributed by atoms with van der Waals surface area (Å²) in [7, 11) is 1.57. The Morgan fingerprint density at radius 3 is 2.45 bits per heavy atom. The monoisotopic (exact) mass is 547 g/mol. The summed E-state index contributed by atoms with van der Waals surface area (Å²) in [6.07, 6.45) is 0.0673. The number of phenols is 1. The Morgan fingerprint density at radius 2 is 1.71 bits per heavy atom. The van der Waals surface area contributed by atoms with Crippen LogP contribution in [0.2, 0.25) is 10.0 Å². The summed E-state index contributed by atoms with van der Waals surface area (Å²) in [4.78, 5) is 29.9. The van der Waals surface area contributed by atoms with Crippen molar-refractivity contribution in [2.75, 3.05) is 12.0 Å². The fourth-order valence-corrected chi connectivity index (χ4v) is 6.19. The minimum atomic E-state index is -1.56. The molecule has 2 aliphatic rings. The van der Waals surface area contributed by atoms with Crippen LogP contribution in [0.5, 0.6) is 11.5 Å². The number of rotatable bonds is 4. The van der Waals surface area contributed by atoms with Crippen LogP contribution in [0.3, 0.4) is 0 Å². The van der Waals surface area contributed by atoms with Gasteiger partial charge in [0.05, 0.1) is 18.5 Å². The molecule has 6 rings (SSSR count). The molecule has 0 saturated heterocycles. The van der Waals surface area contributed by atoms with Gasteiger partial charge in [-0.15, -0.1) is 0 Å². The number of anilines is 1. The number of nitrogens with zero attached hydrogens (tertiary/aromatic N) is 3. The number of halogens is 2. The number of carbonyl (C=O) groups excluding carboxylic acids is 2. The maximum Gasteiger partial charge on any atom is 0.280 e. The summed E-state index contributed by atoms with van der Waals surface area (Å²) >= 11 is 12.6. The van der Waals surface area contributed by atoms with Crippen molar-refractivity contribution < 1.29 is 19.4 Å². The molecular formula is C29H23Cl2N3O4. The summed E-state index contributed by atoms with van der Waals surface area (Å²) in [5.74, 6) is -0.470. The number of phenolic OH excluding ortho intramolecular Hbond substituents is 1. The second kappa shape index (κ2) is 8.61. The number of methoxy groups -OCH3 is 1. The van der Waals surface area contributed by atoms with Crippen molar-refractivity contribution in [2.24, 2.45) is 0 Å². The number of para-hydroxylation sites is 2. The first kappa shape index (κ1) is 24.5. The molecule has 1 N–H and O–H groups in total. The molecular weight excluding hydrogens is 525 g/mol. The van der Waals surface area contributed by atoms with Gasteiger partial charge in [-0.1, -0.05) is 55.2 Å². The van der Waals surface area contributed by atoms with E-state index in [9.17, 15) is 14.7 Å². The lowest BCUT2D eigenvalue weighted by Gasteiger charge is -2.36. The molecule has 0 radical (unpaired) electrons. The molecule has 0 fully saturated rings. The Labute approximate surface area is 229 Å². The first-order valence-corrected chi connectivity index (χ1v) is 12.9. The van der Waals surface area contributed by atoms with Crippen molar-refractivity contribution in [3.63, 3.8) is 0 Å². The van der Waals surface area contributed by atoms with E-state index < -0.39 is 11.4 Å². The minimum Gasteiger partial charge on any atom is -0.506 e. The Kier molecular flexibility index (Phi) is 5.56. The number of ketones is 1. The smallest absolute Gasteiger partial charge is 0.280 e. The van der Waals surface area contributed by atoms with E-state index in [0.717, 1.165) is 5.56 Å². The van der Waals surface area contributed by atoms with Gasteiger partial charge in [-0.2, -0.15) is 5.10 Å². The minimum absolute atomic E-state index is 0.0673.